The van der Waals surface area contributed by atoms with Crippen molar-refractivity contribution >= 4 is 25.5 Å². The summed E-state index contributed by atoms with van der Waals surface area (Å²) >= 11 is 0. The van der Waals surface area contributed by atoms with Gasteiger partial charge in [-0.05, 0) is 24.1 Å². The van der Waals surface area contributed by atoms with Crippen molar-refractivity contribution in [2.24, 2.45) is 0 Å². The number of halogens is 1. The molecule has 0 bridgehead atoms. The Morgan fingerprint density at radius 3 is 2.57 bits per heavy atom. The van der Waals surface area contributed by atoms with Crippen LogP contribution in [-0.2, 0) is 15.5 Å². The molecule has 0 saturated heterocycles. The van der Waals surface area contributed by atoms with Gasteiger partial charge in [-0.2, -0.15) is 0 Å². The van der Waals surface area contributed by atoms with Gasteiger partial charge in [0.15, 0.2) is 5.78 Å². The number of carbonyl (C=O) groups excluding carboxylic acids is 1. The molecule has 0 heterocycles. The highest BCUT2D eigenvalue weighted by Gasteiger charge is 2.21. The Morgan fingerprint density at radius 2 is 1.93 bits per heavy atom. The lowest BCUT2D eigenvalue weighted by molar-refractivity contribution is 0.0994. The molecule has 0 aliphatic heterocycles. The SMILES string of the molecule is O=C1CCc2ccc(S(=O)(=O)Cl)cc21. The predicted octanol–water partition coefficient (Wildman–Crippen LogP) is 1.74. The average molecular weight is 231 g/mol. The molecule has 0 aromatic heterocycles. The van der Waals surface area contributed by atoms with E-state index in [0.29, 0.717) is 18.4 Å². The van der Waals surface area contributed by atoms with E-state index in [1.54, 1.807) is 6.07 Å². The van der Waals surface area contributed by atoms with Crippen LogP contribution in [0.3, 0.4) is 0 Å². The van der Waals surface area contributed by atoms with E-state index in [0.717, 1.165) is 5.56 Å². The fourth-order valence-electron chi connectivity index (χ4n) is 1.57. The molecule has 1 aromatic rings. The summed E-state index contributed by atoms with van der Waals surface area (Å²) in [6.07, 6.45) is 1.15. The van der Waals surface area contributed by atoms with Gasteiger partial charge in [0.25, 0.3) is 9.05 Å². The molecule has 14 heavy (non-hydrogen) atoms. The standard InChI is InChI=1S/C9H7ClO3S/c10-14(12,13)7-3-1-6-2-4-9(11)8(6)5-7/h1,3,5H,2,4H2. The molecule has 0 saturated carbocycles. The van der Waals surface area contributed by atoms with E-state index in [2.05, 4.69) is 0 Å². The summed E-state index contributed by atoms with van der Waals surface area (Å²) in [4.78, 5) is 11.3. The summed E-state index contributed by atoms with van der Waals surface area (Å²) in [6.45, 7) is 0. The molecule has 1 aromatic carbocycles. The summed E-state index contributed by atoms with van der Waals surface area (Å²) in [5, 5.41) is 0. The first-order valence-electron chi connectivity index (χ1n) is 4.09. The Labute approximate surface area is 86.1 Å². The van der Waals surface area contributed by atoms with Gasteiger partial charge in [0.05, 0.1) is 4.90 Å². The van der Waals surface area contributed by atoms with Crippen molar-refractivity contribution in [1.82, 2.24) is 0 Å². The maximum Gasteiger partial charge on any atom is 0.261 e. The minimum Gasteiger partial charge on any atom is -0.294 e. The molecule has 0 N–H and O–H groups in total. The highest BCUT2D eigenvalue weighted by atomic mass is 35.7. The Kier molecular flexibility index (Phi) is 2.12. The summed E-state index contributed by atoms with van der Waals surface area (Å²) in [6, 6.07) is 4.43. The van der Waals surface area contributed by atoms with E-state index in [4.69, 9.17) is 10.7 Å². The molecule has 0 radical (unpaired) electrons. The summed E-state index contributed by atoms with van der Waals surface area (Å²) in [7, 11) is 1.44. The zero-order chi connectivity index (χ0) is 10.3. The number of benzene rings is 1. The maximum atomic E-state index is 11.3. The largest absolute Gasteiger partial charge is 0.294 e. The maximum absolute atomic E-state index is 11.3. The zero-order valence-electron chi connectivity index (χ0n) is 7.16. The third-order valence-electron chi connectivity index (χ3n) is 2.28. The van der Waals surface area contributed by atoms with E-state index < -0.39 is 9.05 Å². The second-order valence-corrected chi connectivity index (χ2v) is 5.75. The van der Waals surface area contributed by atoms with E-state index >= 15 is 0 Å². The second-order valence-electron chi connectivity index (χ2n) is 3.18. The van der Waals surface area contributed by atoms with Crippen LogP contribution < -0.4 is 0 Å². The molecular weight excluding hydrogens is 224 g/mol. The van der Waals surface area contributed by atoms with Crippen molar-refractivity contribution in [3.8, 4) is 0 Å². The Morgan fingerprint density at radius 1 is 1.21 bits per heavy atom. The third kappa shape index (κ3) is 1.55. The van der Waals surface area contributed by atoms with Crippen molar-refractivity contribution < 1.29 is 13.2 Å². The molecule has 74 valence electrons. The zero-order valence-corrected chi connectivity index (χ0v) is 8.73. The van der Waals surface area contributed by atoms with Crippen LogP contribution in [-0.4, -0.2) is 14.2 Å². The van der Waals surface area contributed by atoms with E-state index in [1.165, 1.54) is 12.1 Å². The van der Waals surface area contributed by atoms with Gasteiger partial charge >= 0.3 is 0 Å². The van der Waals surface area contributed by atoms with Crippen molar-refractivity contribution in [1.29, 1.82) is 0 Å². The first-order chi connectivity index (χ1) is 6.48. The van der Waals surface area contributed by atoms with E-state index in [9.17, 15) is 13.2 Å². The molecule has 2 rings (SSSR count). The Bertz CT molecular complexity index is 505. The van der Waals surface area contributed by atoms with Gasteiger partial charge in [-0.1, -0.05) is 6.07 Å². The fourth-order valence-corrected chi connectivity index (χ4v) is 2.34. The summed E-state index contributed by atoms with van der Waals surface area (Å²) < 4.78 is 22.0. The van der Waals surface area contributed by atoms with Crippen LogP contribution in [0.1, 0.15) is 22.3 Å². The topological polar surface area (TPSA) is 51.2 Å². The molecular formula is C9H7ClO3S. The highest BCUT2D eigenvalue weighted by molar-refractivity contribution is 8.13. The van der Waals surface area contributed by atoms with Gasteiger partial charge in [-0.15, -0.1) is 0 Å². The van der Waals surface area contributed by atoms with Crippen LogP contribution in [0, 0.1) is 0 Å². The van der Waals surface area contributed by atoms with Crippen molar-refractivity contribution in [3.05, 3.63) is 29.3 Å². The number of aryl methyl sites for hydroxylation is 1. The lowest BCUT2D eigenvalue weighted by Gasteiger charge is -1.99. The van der Waals surface area contributed by atoms with E-state index in [-0.39, 0.29) is 10.7 Å². The van der Waals surface area contributed by atoms with Gasteiger partial charge in [0.1, 0.15) is 0 Å². The Hall–Kier alpha value is -0.870. The number of Topliss-reactive ketones (excluding diaryl/α,β-unsaturated/α-hetero) is 1. The van der Waals surface area contributed by atoms with Gasteiger partial charge in [0.2, 0.25) is 0 Å². The number of hydrogen-bond donors (Lipinski definition) is 0. The Balaban J connectivity index is 2.61. The molecule has 0 unspecified atom stereocenters. The summed E-state index contributed by atoms with van der Waals surface area (Å²) in [5.41, 5.74) is 1.39. The predicted molar refractivity (Wildman–Crippen MR) is 52.1 cm³/mol. The smallest absolute Gasteiger partial charge is 0.261 e. The molecule has 0 fully saturated rings. The van der Waals surface area contributed by atoms with Crippen LogP contribution in [0.2, 0.25) is 0 Å². The van der Waals surface area contributed by atoms with Crippen LogP contribution in [0.4, 0.5) is 0 Å². The lowest BCUT2D eigenvalue weighted by Crippen LogP contribution is -1.96. The average Bonchev–Trinajstić information content (AvgIpc) is 2.46. The molecule has 0 amide bonds. The molecule has 1 aliphatic rings. The van der Waals surface area contributed by atoms with Crippen LogP contribution >= 0.6 is 10.7 Å². The number of ketones is 1. The van der Waals surface area contributed by atoms with Gasteiger partial charge in [0, 0.05) is 22.7 Å². The van der Waals surface area contributed by atoms with Crippen LogP contribution in [0.25, 0.3) is 0 Å². The van der Waals surface area contributed by atoms with Crippen LogP contribution in [0.15, 0.2) is 23.1 Å². The van der Waals surface area contributed by atoms with Crippen LogP contribution in [0.5, 0.6) is 0 Å². The quantitative estimate of drug-likeness (QED) is 0.691. The first-order valence-corrected chi connectivity index (χ1v) is 6.40. The van der Waals surface area contributed by atoms with Gasteiger partial charge in [-0.3, -0.25) is 4.79 Å². The minimum atomic E-state index is -3.73. The van der Waals surface area contributed by atoms with E-state index in [1.807, 2.05) is 0 Å². The summed E-state index contributed by atoms with van der Waals surface area (Å²) in [5.74, 6) is -0.0119. The minimum absolute atomic E-state index is 0.00633. The molecule has 3 nitrogen and oxygen atoms in total. The number of fused-ring (bicyclic) bond motifs is 1. The molecule has 0 atom stereocenters. The fraction of sp³-hybridized carbons (Fsp3) is 0.222. The van der Waals surface area contributed by atoms with Crippen molar-refractivity contribution in [2.75, 3.05) is 0 Å². The highest BCUT2D eigenvalue weighted by Crippen LogP contribution is 2.26. The number of rotatable bonds is 1. The first kappa shape index (κ1) is 9.68. The van der Waals surface area contributed by atoms with Gasteiger partial charge < -0.3 is 0 Å². The third-order valence-corrected chi connectivity index (χ3v) is 3.64. The van der Waals surface area contributed by atoms with Crippen molar-refractivity contribution in [2.45, 2.75) is 17.7 Å². The normalized spacial score (nSPS) is 15.6. The number of hydrogen-bond acceptors (Lipinski definition) is 3. The number of carbonyl (C=O) groups is 1. The monoisotopic (exact) mass is 230 g/mol. The molecule has 1 aliphatic carbocycles. The second kappa shape index (κ2) is 3.07. The lowest BCUT2D eigenvalue weighted by atomic mass is 10.1. The molecule has 5 heteroatoms. The van der Waals surface area contributed by atoms with Crippen molar-refractivity contribution in [3.63, 3.8) is 0 Å². The van der Waals surface area contributed by atoms with Gasteiger partial charge in [-0.25, -0.2) is 8.42 Å². The molecule has 0 spiro atoms.